The number of nitrogens with zero attached hydrogens (tertiary/aromatic N) is 1. The molecule has 4 heteroatoms. The second-order valence-electron chi connectivity index (χ2n) is 6.54. The SMILES string of the molecule is Cc1ccccc1C1NC2(CC2)C(=O)N1C1CCOCC1. The van der Waals surface area contributed by atoms with E-state index in [-0.39, 0.29) is 11.7 Å². The Hall–Kier alpha value is -1.39. The predicted molar refractivity (Wildman–Crippen MR) is 79.7 cm³/mol. The molecule has 4 nitrogen and oxygen atoms in total. The highest BCUT2D eigenvalue weighted by Crippen LogP contribution is 2.47. The van der Waals surface area contributed by atoms with Gasteiger partial charge in [0.2, 0.25) is 5.91 Å². The molecule has 1 unspecified atom stereocenters. The largest absolute Gasteiger partial charge is 0.381 e. The van der Waals surface area contributed by atoms with Gasteiger partial charge in [0.05, 0.1) is 0 Å². The number of carbonyl (C=O) groups is 1. The van der Waals surface area contributed by atoms with Crippen molar-refractivity contribution >= 4 is 5.91 Å². The summed E-state index contributed by atoms with van der Waals surface area (Å²) in [7, 11) is 0. The van der Waals surface area contributed by atoms with Gasteiger partial charge >= 0.3 is 0 Å². The van der Waals surface area contributed by atoms with Gasteiger partial charge in [0.15, 0.2) is 0 Å². The fourth-order valence-electron chi connectivity index (χ4n) is 3.70. The maximum atomic E-state index is 12.9. The molecule has 2 saturated heterocycles. The molecule has 21 heavy (non-hydrogen) atoms. The topological polar surface area (TPSA) is 41.6 Å². The molecule has 2 heterocycles. The van der Waals surface area contributed by atoms with Crippen LogP contribution in [0.3, 0.4) is 0 Å². The van der Waals surface area contributed by atoms with Gasteiger partial charge in [-0.15, -0.1) is 0 Å². The summed E-state index contributed by atoms with van der Waals surface area (Å²) >= 11 is 0. The smallest absolute Gasteiger partial charge is 0.244 e. The van der Waals surface area contributed by atoms with Gasteiger partial charge in [-0.25, -0.2) is 0 Å². The standard InChI is InChI=1S/C17H22N2O2/c1-12-4-2-3-5-14(12)15-18-17(8-9-17)16(20)19(15)13-6-10-21-11-7-13/h2-5,13,15,18H,6-11H2,1H3. The molecule has 3 aliphatic rings. The molecule has 0 aromatic heterocycles. The summed E-state index contributed by atoms with van der Waals surface area (Å²) in [5, 5.41) is 3.63. The predicted octanol–water partition coefficient (Wildman–Crippen LogP) is 2.14. The van der Waals surface area contributed by atoms with Crippen molar-refractivity contribution in [1.29, 1.82) is 0 Å². The Morgan fingerprint density at radius 3 is 2.62 bits per heavy atom. The molecule has 1 saturated carbocycles. The third kappa shape index (κ3) is 2.09. The lowest BCUT2D eigenvalue weighted by Crippen LogP contribution is -2.43. The van der Waals surface area contributed by atoms with Crippen molar-refractivity contribution in [3.63, 3.8) is 0 Å². The third-order valence-electron chi connectivity index (χ3n) is 5.15. The summed E-state index contributed by atoms with van der Waals surface area (Å²) < 4.78 is 5.47. The second-order valence-corrected chi connectivity index (χ2v) is 6.54. The number of benzene rings is 1. The summed E-state index contributed by atoms with van der Waals surface area (Å²) in [4.78, 5) is 15.0. The lowest BCUT2D eigenvalue weighted by molar-refractivity contribution is -0.135. The van der Waals surface area contributed by atoms with Crippen LogP contribution in [0, 0.1) is 6.92 Å². The van der Waals surface area contributed by atoms with Gasteiger partial charge in [-0.05, 0) is 43.7 Å². The lowest BCUT2D eigenvalue weighted by Gasteiger charge is -2.35. The number of nitrogens with one attached hydrogen (secondary N) is 1. The van der Waals surface area contributed by atoms with Gasteiger partial charge in [-0.1, -0.05) is 24.3 Å². The monoisotopic (exact) mass is 286 g/mol. The molecule has 1 aromatic carbocycles. The van der Waals surface area contributed by atoms with Crippen molar-refractivity contribution in [3.05, 3.63) is 35.4 Å². The molecule has 112 valence electrons. The highest BCUT2D eigenvalue weighted by atomic mass is 16.5. The molecular weight excluding hydrogens is 264 g/mol. The zero-order chi connectivity index (χ0) is 14.4. The average Bonchev–Trinajstić information content (AvgIpc) is 3.23. The second kappa shape index (κ2) is 4.82. The zero-order valence-corrected chi connectivity index (χ0v) is 12.5. The first-order chi connectivity index (χ1) is 10.2. The molecule has 1 atom stereocenters. The van der Waals surface area contributed by atoms with Crippen LogP contribution in [0.25, 0.3) is 0 Å². The van der Waals surface area contributed by atoms with E-state index >= 15 is 0 Å². The Kier molecular flexibility index (Phi) is 3.05. The molecule has 1 aliphatic carbocycles. The lowest BCUT2D eigenvalue weighted by atomic mass is 10.0. The molecule has 1 amide bonds. The van der Waals surface area contributed by atoms with Gasteiger partial charge in [0.25, 0.3) is 0 Å². The first-order valence-corrected chi connectivity index (χ1v) is 7.95. The van der Waals surface area contributed by atoms with Crippen LogP contribution >= 0.6 is 0 Å². The van der Waals surface area contributed by atoms with E-state index in [9.17, 15) is 4.79 Å². The van der Waals surface area contributed by atoms with Crippen molar-refractivity contribution < 1.29 is 9.53 Å². The van der Waals surface area contributed by atoms with E-state index in [0.29, 0.717) is 11.9 Å². The molecular formula is C17H22N2O2. The third-order valence-corrected chi connectivity index (χ3v) is 5.15. The highest BCUT2D eigenvalue weighted by Gasteiger charge is 2.60. The normalized spacial score (nSPS) is 28.3. The molecule has 4 rings (SSSR count). The van der Waals surface area contributed by atoms with Crippen LogP contribution in [-0.2, 0) is 9.53 Å². The number of carbonyl (C=O) groups excluding carboxylic acids is 1. The summed E-state index contributed by atoms with van der Waals surface area (Å²) in [5.41, 5.74) is 2.23. The number of aryl methyl sites for hydroxylation is 1. The van der Waals surface area contributed by atoms with Gasteiger partial charge in [0.1, 0.15) is 11.7 Å². The van der Waals surface area contributed by atoms with Crippen LogP contribution < -0.4 is 5.32 Å². The van der Waals surface area contributed by atoms with E-state index in [2.05, 4.69) is 41.4 Å². The van der Waals surface area contributed by atoms with Crippen LogP contribution in [0.4, 0.5) is 0 Å². The molecule has 1 aromatic rings. The van der Waals surface area contributed by atoms with Crippen LogP contribution in [0.5, 0.6) is 0 Å². The van der Waals surface area contributed by atoms with E-state index in [1.165, 1.54) is 11.1 Å². The molecule has 1 N–H and O–H groups in total. The Morgan fingerprint density at radius 2 is 1.95 bits per heavy atom. The number of hydrogen-bond acceptors (Lipinski definition) is 3. The van der Waals surface area contributed by atoms with Gasteiger partial charge < -0.3 is 9.64 Å². The maximum Gasteiger partial charge on any atom is 0.244 e. The van der Waals surface area contributed by atoms with E-state index in [1.807, 2.05) is 0 Å². The van der Waals surface area contributed by atoms with Crippen LogP contribution in [0.1, 0.15) is 43.0 Å². The number of hydrogen-bond donors (Lipinski definition) is 1. The fourth-order valence-corrected chi connectivity index (χ4v) is 3.70. The van der Waals surface area contributed by atoms with Crippen molar-refractivity contribution in [2.45, 2.75) is 50.4 Å². The summed E-state index contributed by atoms with van der Waals surface area (Å²) in [6.07, 6.45) is 3.89. The van der Waals surface area contributed by atoms with Crippen molar-refractivity contribution in [2.24, 2.45) is 0 Å². The van der Waals surface area contributed by atoms with Gasteiger partial charge in [-0.3, -0.25) is 10.1 Å². The fraction of sp³-hybridized carbons (Fsp3) is 0.588. The Morgan fingerprint density at radius 1 is 1.24 bits per heavy atom. The Labute approximate surface area is 125 Å². The van der Waals surface area contributed by atoms with Crippen molar-refractivity contribution in [2.75, 3.05) is 13.2 Å². The highest BCUT2D eigenvalue weighted by molar-refractivity contribution is 5.92. The molecule has 2 aliphatic heterocycles. The first-order valence-electron chi connectivity index (χ1n) is 7.95. The number of amides is 1. The summed E-state index contributed by atoms with van der Waals surface area (Å²) in [6.45, 7) is 3.66. The number of rotatable bonds is 2. The molecule has 0 bridgehead atoms. The van der Waals surface area contributed by atoms with Crippen LogP contribution in [-0.4, -0.2) is 35.6 Å². The quantitative estimate of drug-likeness (QED) is 0.905. The minimum Gasteiger partial charge on any atom is -0.381 e. The first kappa shape index (κ1) is 13.3. The minimum atomic E-state index is -0.259. The molecule has 1 spiro atoms. The van der Waals surface area contributed by atoms with Crippen LogP contribution in [0.15, 0.2) is 24.3 Å². The average molecular weight is 286 g/mol. The van der Waals surface area contributed by atoms with E-state index < -0.39 is 0 Å². The van der Waals surface area contributed by atoms with Crippen molar-refractivity contribution in [1.82, 2.24) is 10.2 Å². The van der Waals surface area contributed by atoms with Gasteiger partial charge in [0, 0.05) is 19.3 Å². The van der Waals surface area contributed by atoms with E-state index in [1.54, 1.807) is 0 Å². The summed E-state index contributed by atoms with van der Waals surface area (Å²) in [6, 6.07) is 8.70. The van der Waals surface area contributed by atoms with E-state index in [0.717, 1.165) is 38.9 Å². The zero-order valence-electron chi connectivity index (χ0n) is 12.5. The maximum absolute atomic E-state index is 12.9. The Bertz CT molecular complexity index is 562. The number of ether oxygens (including phenoxy) is 1. The minimum absolute atomic E-state index is 0.0318. The van der Waals surface area contributed by atoms with Crippen LogP contribution in [0.2, 0.25) is 0 Å². The molecule has 0 radical (unpaired) electrons. The van der Waals surface area contributed by atoms with E-state index in [4.69, 9.17) is 4.74 Å². The van der Waals surface area contributed by atoms with Gasteiger partial charge in [-0.2, -0.15) is 0 Å². The van der Waals surface area contributed by atoms with Crippen molar-refractivity contribution in [3.8, 4) is 0 Å². The Balaban J connectivity index is 1.70. The molecule has 3 fully saturated rings. The summed E-state index contributed by atoms with van der Waals surface area (Å²) in [5.74, 6) is 0.308.